The standard InChI is InChI=1S/C14H23B2N/c1-10-9-13(7-8-14(10)16-2)17-12-5-3-11(15)4-6-12/h7-9,11-12,16-17H,3-6,15H2,1-2H3. The summed E-state index contributed by atoms with van der Waals surface area (Å²) in [4.78, 5) is 0. The molecule has 1 N–H and O–H groups in total. The minimum Gasteiger partial charge on any atom is -0.382 e. The summed E-state index contributed by atoms with van der Waals surface area (Å²) < 4.78 is 0. The van der Waals surface area contributed by atoms with Crippen LogP contribution in [0.3, 0.4) is 0 Å². The van der Waals surface area contributed by atoms with Gasteiger partial charge in [-0.3, -0.25) is 0 Å². The molecule has 0 amide bonds. The van der Waals surface area contributed by atoms with Crippen molar-refractivity contribution >= 4 is 26.3 Å². The summed E-state index contributed by atoms with van der Waals surface area (Å²) >= 11 is 0. The SMILES string of the molecule is BC1CCC(Nc2ccc(BC)c(C)c2)CC1. The van der Waals surface area contributed by atoms with Crippen molar-refractivity contribution in [3.05, 3.63) is 23.8 Å². The summed E-state index contributed by atoms with van der Waals surface area (Å²) in [6.45, 7) is 4.44. The number of hydrogen-bond donors (Lipinski definition) is 1. The summed E-state index contributed by atoms with van der Waals surface area (Å²) in [6, 6.07) is 7.50. The van der Waals surface area contributed by atoms with Gasteiger partial charge in [0.15, 0.2) is 7.28 Å². The molecule has 3 heteroatoms. The molecule has 17 heavy (non-hydrogen) atoms. The third-order valence-electron chi connectivity index (χ3n) is 4.11. The smallest absolute Gasteiger partial charge is 0.154 e. The molecule has 0 heterocycles. The zero-order valence-corrected chi connectivity index (χ0v) is 11.4. The van der Waals surface area contributed by atoms with Crippen LogP contribution >= 0.6 is 0 Å². The van der Waals surface area contributed by atoms with E-state index in [0.717, 1.165) is 13.1 Å². The molecule has 1 aromatic carbocycles. The first-order valence-corrected chi connectivity index (χ1v) is 7.05. The van der Waals surface area contributed by atoms with Crippen LogP contribution in [-0.4, -0.2) is 21.2 Å². The second-order valence-electron chi connectivity index (χ2n) is 5.60. The Balaban J connectivity index is 1.97. The second-order valence-corrected chi connectivity index (χ2v) is 5.60. The molecular formula is C14H23B2N. The highest BCUT2D eigenvalue weighted by Crippen LogP contribution is 2.28. The van der Waals surface area contributed by atoms with Gasteiger partial charge in [0.25, 0.3) is 0 Å². The number of anilines is 1. The maximum absolute atomic E-state index is 3.69. The van der Waals surface area contributed by atoms with Crippen LogP contribution in [0.1, 0.15) is 31.2 Å². The molecule has 1 saturated carbocycles. The largest absolute Gasteiger partial charge is 0.382 e. The van der Waals surface area contributed by atoms with E-state index in [0.29, 0.717) is 6.04 Å². The molecule has 1 fully saturated rings. The van der Waals surface area contributed by atoms with Gasteiger partial charge in [0.05, 0.1) is 0 Å². The molecule has 90 valence electrons. The summed E-state index contributed by atoms with van der Waals surface area (Å²) in [5.41, 5.74) is 4.19. The van der Waals surface area contributed by atoms with E-state index >= 15 is 0 Å². The molecule has 1 aromatic rings. The third-order valence-corrected chi connectivity index (χ3v) is 4.11. The van der Waals surface area contributed by atoms with Crippen LogP contribution in [0.25, 0.3) is 0 Å². The molecule has 0 unspecified atom stereocenters. The molecule has 0 atom stereocenters. The van der Waals surface area contributed by atoms with Crippen LogP contribution in [0, 0.1) is 6.92 Å². The lowest BCUT2D eigenvalue weighted by Gasteiger charge is -2.28. The zero-order valence-electron chi connectivity index (χ0n) is 11.4. The Morgan fingerprint density at radius 3 is 2.53 bits per heavy atom. The highest BCUT2D eigenvalue weighted by atomic mass is 14.9. The number of aryl methyl sites for hydroxylation is 1. The van der Waals surface area contributed by atoms with E-state index in [9.17, 15) is 0 Å². The van der Waals surface area contributed by atoms with E-state index < -0.39 is 0 Å². The van der Waals surface area contributed by atoms with Crippen molar-refractivity contribution in [1.82, 2.24) is 0 Å². The highest BCUT2D eigenvalue weighted by Gasteiger charge is 2.17. The van der Waals surface area contributed by atoms with Crippen molar-refractivity contribution < 1.29 is 0 Å². The first-order valence-electron chi connectivity index (χ1n) is 7.05. The van der Waals surface area contributed by atoms with Crippen molar-refractivity contribution in [2.45, 2.75) is 51.3 Å². The van der Waals surface area contributed by atoms with Crippen LogP contribution in [0.4, 0.5) is 5.69 Å². The molecule has 0 aliphatic heterocycles. The lowest BCUT2D eigenvalue weighted by molar-refractivity contribution is 0.463. The highest BCUT2D eigenvalue weighted by molar-refractivity contribution is 6.52. The second kappa shape index (κ2) is 5.66. The van der Waals surface area contributed by atoms with Crippen LogP contribution in [-0.2, 0) is 0 Å². The Morgan fingerprint density at radius 1 is 1.24 bits per heavy atom. The minimum absolute atomic E-state index is 0.693. The number of nitrogens with one attached hydrogen (secondary N) is 1. The van der Waals surface area contributed by atoms with Gasteiger partial charge in [0, 0.05) is 11.7 Å². The monoisotopic (exact) mass is 227 g/mol. The van der Waals surface area contributed by atoms with E-state index in [-0.39, 0.29) is 0 Å². The fraction of sp³-hybridized carbons (Fsp3) is 0.571. The van der Waals surface area contributed by atoms with E-state index in [4.69, 9.17) is 0 Å². The van der Waals surface area contributed by atoms with Crippen LogP contribution in [0.15, 0.2) is 18.2 Å². The Kier molecular flexibility index (Phi) is 4.20. The van der Waals surface area contributed by atoms with Crippen molar-refractivity contribution in [1.29, 1.82) is 0 Å². The van der Waals surface area contributed by atoms with E-state index in [2.05, 4.69) is 45.1 Å². The Morgan fingerprint density at radius 2 is 1.94 bits per heavy atom. The van der Waals surface area contributed by atoms with E-state index in [1.807, 2.05) is 0 Å². The molecule has 0 bridgehead atoms. The number of rotatable bonds is 3. The van der Waals surface area contributed by atoms with Gasteiger partial charge in [0.2, 0.25) is 0 Å². The average molecular weight is 227 g/mol. The van der Waals surface area contributed by atoms with Gasteiger partial charge in [0.1, 0.15) is 7.85 Å². The van der Waals surface area contributed by atoms with Crippen molar-refractivity contribution in [2.24, 2.45) is 0 Å². The predicted octanol–water partition coefficient (Wildman–Crippen LogP) is 1.88. The maximum atomic E-state index is 3.69. The van der Waals surface area contributed by atoms with Gasteiger partial charge >= 0.3 is 0 Å². The molecular weight excluding hydrogens is 204 g/mol. The molecule has 1 aliphatic rings. The molecule has 0 spiro atoms. The quantitative estimate of drug-likeness (QED) is 0.777. The van der Waals surface area contributed by atoms with E-state index in [1.54, 1.807) is 0 Å². The van der Waals surface area contributed by atoms with E-state index in [1.165, 1.54) is 42.4 Å². The molecule has 0 aromatic heterocycles. The van der Waals surface area contributed by atoms with Gasteiger partial charge in [-0.15, -0.1) is 0 Å². The lowest BCUT2D eigenvalue weighted by atomic mass is 9.71. The van der Waals surface area contributed by atoms with Gasteiger partial charge in [-0.2, -0.15) is 0 Å². The molecule has 0 radical (unpaired) electrons. The Bertz CT molecular complexity index is 370. The minimum atomic E-state index is 0.693. The number of hydrogen-bond acceptors (Lipinski definition) is 1. The Hall–Kier alpha value is -0.850. The normalized spacial score (nSPS) is 24.4. The summed E-state index contributed by atoms with van der Waals surface area (Å²) in [5, 5.41) is 3.69. The maximum Gasteiger partial charge on any atom is 0.154 e. The molecule has 1 nitrogen and oxygen atoms in total. The predicted molar refractivity (Wildman–Crippen MR) is 82.0 cm³/mol. The van der Waals surface area contributed by atoms with Crippen LogP contribution < -0.4 is 10.8 Å². The third kappa shape index (κ3) is 3.31. The van der Waals surface area contributed by atoms with Crippen molar-refractivity contribution in [3.8, 4) is 0 Å². The average Bonchev–Trinajstić information content (AvgIpc) is 2.32. The topological polar surface area (TPSA) is 12.0 Å². The van der Waals surface area contributed by atoms with Gasteiger partial charge in [-0.25, -0.2) is 0 Å². The fourth-order valence-corrected chi connectivity index (χ4v) is 2.82. The molecule has 2 rings (SSSR count). The summed E-state index contributed by atoms with van der Waals surface area (Å²) in [6.07, 6.45) is 5.42. The first kappa shape index (κ1) is 12.6. The van der Waals surface area contributed by atoms with Crippen molar-refractivity contribution in [3.63, 3.8) is 0 Å². The van der Waals surface area contributed by atoms with Gasteiger partial charge in [-0.1, -0.05) is 42.6 Å². The van der Waals surface area contributed by atoms with Gasteiger partial charge in [-0.05, 0) is 31.9 Å². The van der Waals surface area contributed by atoms with Crippen molar-refractivity contribution in [2.75, 3.05) is 5.32 Å². The zero-order chi connectivity index (χ0) is 12.3. The number of benzene rings is 1. The van der Waals surface area contributed by atoms with Gasteiger partial charge < -0.3 is 5.32 Å². The fourth-order valence-electron chi connectivity index (χ4n) is 2.82. The van der Waals surface area contributed by atoms with Crippen LogP contribution in [0.5, 0.6) is 0 Å². The molecule has 0 saturated heterocycles. The molecule has 1 aliphatic carbocycles. The van der Waals surface area contributed by atoms with Crippen LogP contribution in [0.2, 0.25) is 12.6 Å². The Labute approximate surface area is 107 Å². The first-order chi connectivity index (χ1) is 8.19. The lowest BCUT2D eigenvalue weighted by Crippen LogP contribution is -2.25. The summed E-state index contributed by atoms with van der Waals surface area (Å²) in [5.74, 6) is 0.928. The summed E-state index contributed by atoms with van der Waals surface area (Å²) in [7, 11) is 3.50.